The molecule has 344 valence electrons. The van der Waals surface area contributed by atoms with Gasteiger partial charge in [-0.2, -0.15) is 0 Å². The molecule has 2 aromatic rings. The van der Waals surface area contributed by atoms with Gasteiger partial charge < -0.3 is 38.6 Å². The van der Waals surface area contributed by atoms with Crippen molar-refractivity contribution in [3.05, 3.63) is 57.6 Å². The number of ether oxygens (including phenoxy) is 6. The second kappa shape index (κ2) is 18.9. The molecule has 61 heavy (non-hydrogen) atoms. The lowest BCUT2D eigenvalue weighted by Crippen LogP contribution is -2.57. The van der Waals surface area contributed by atoms with Gasteiger partial charge >= 0.3 is 11.9 Å². The van der Waals surface area contributed by atoms with Crippen LogP contribution in [0.25, 0.3) is 0 Å². The molecule has 0 bridgehead atoms. The maximum absolute atomic E-state index is 13.0. The molecule has 0 amide bonds. The van der Waals surface area contributed by atoms with Crippen LogP contribution in [0, 0.1) is 40.9 Å². The second-order valence-electron chi connectivity index (χ2n) is 23.5. The number of esters is 2. The molecule has 2 aliphatic heterocycles. The molecular weight excluding hydrogens is 773 g/mol. The zero-order valence-corrected chi connectivity index (χ0v) is 40.6. The lowest BCUT2D eigenvalue weighted by molar-refractivity contribution is -0.337. The van der Waals surface area contributed by atoms with Gasteiger partial charge in [0, 0.05) is 23.7 Å². The highest BCUT2D eigenvalue weighted by Gasteiger charge is 2.48. The summed E-state index contributed by atoms with van der Waals surface area (Å²) in [6.07, 6.45) is 2.11. The van der Waals surface area contributed by atoms with Gasteiger partial charge in [0.25, 0.3) is 0 Å². The van der Waals surface area contributed by atoms with Crippen LogP contribution in [0.2, 0.25) is 0 Å². The third-order valence-corrected chi connectivity index (χ3v) is 12.2. The molecule has 0 saturated carbocycles. The van der Waals surface area contributed by atoms with E-state index < -0.39 is 28.8 Å². The molecule has 2 aliphatic rings. The van der Waals surface area contributed by atoms with Crippen LogP contribution in [0.4, 0.5) is 0 Å². The van der Waals surface area contributed by atoms with Crippen LogP contribution >= 0.6 is 0 Å². The number of hydrogen-bond donors (Lipinski definition) is 2. The van der Waals surface area contributed by atoms with Gasteiger partial charge in [0.15, 0.2) is 12.6 Å². The van der Waals surface area contributed by atoms with Crippen molar-refractivity contribution in [2.24, 2.45) is 27.1 Å². The van der Waals surface area contributed by atoms with Crippen molar-refractivity contribution in [2.75, 3.05) is 39.6 Å². The Kier molecular flexibility index (Phi) is 15.6. The molecule has 0 atom stereocenters. The van der Waals surface area contributed by atoms with Gasteiger partial charge in [0.1, 0.15) is 24.7 Å². The normalized spacial score (nSPS) is 20.8. The maximum Gasteiger partial charge on any atom is 0.306 e. The first kappa shape index (κ1) is 50.5. The molecule has 1 spiro atoms. The average molecular weight is 853 g/mol. The number of phenolic OH excluding ortho intramolecular Hbond substituents is 2. The molecule has 2 aromatic carbocycles. The molecule has 2 N–H and O–H groups in total. The number of rotatable bonds is 16. The highest BCUT2D eigenvalue weighted by Crippen LogP contribution is 2.43. The summed E-state index contributed by atoms with van der Waals surface area (Å²) in [6, 6.07) is 7.72. The molecular formula is C51H80O10. The average Bonchev–Trinajstić information content (AvgIpc) is 3.10. The van der Waals surface area contributed by atoms with Crippen LogP contribution in [-0.4, -0.2) is 74.4 Å². The van der Waals surface area contributed by atoms with Crippen molar-refractivity contribution >= 4 is 11.9 Å². The predicted octanol–water partition coefficient (Wildman–Crippen LogP) is 10.6. The van der Waals surface area contributed by atoms with E-state index in [1.807, 2.05) is 53.7 Å². The number of carbonyl (C=O) groups excluding carboxylic acids is 2. The number of carbonyl (C=O) groups is 2. The van der Waals surface area contributed by atoms with E-state index >= 15 is 0 Å². The van der Waals surface area contributed by atoms with E-state index in [1.54, 1.807) is 0 Å². The van der Waals surface area contributed by atoms with Crippen molar-refractivity contribution < 1.29 is 48.2 Å². The molecule has 10 heteroatoms. The molecule has 2 saturated heterocycles. The fourth-order valence-electron chi connectivity index (χ4n) is 9.49. The predicted molar refractivity (Wildman–Crippen MR) is 240 cm³/mol. The Hall–Kier alpha value is -3.18. The van der Waals surface area contributed by atoms with Crippen LogP contribution in [0.5, 0.6) is 11.5 Å². The third kappa shape index (κ3) is 13.9. The minimum absolute atomic E-state index is 0.0926. The van der Waals surface area contributed by atoms with Crippen molar-refractivity contribution in [1.82, 2.24) is 0 Å². The zero-order chi connectivity index (χ0) is 46.0. The van der Waals surface area contributed by atoms with Crippen molar-refractivity contribution in [3.8, 4) is 11.5 Å². The maximum atomic E-state index is 13.0. The number of aryl methyl sites for hydroxylation is 4. The Balaban J connectivity index is 1.21. The molecule has 0 radical (unpaired) electrons. The summed E-state index contributed by atoms with van der Waals surface area (Å²) >= 11 is 0. The minimum Gasteiger partial charge on any atom is -0.508 e. The first-order valence-electron chi connectivity index (χ1n) is 22.3. The van der Waals surface area contributed by atoms with Gasteiger partial charge in [-0.25, -0.2) is 0 Å². The number of aromatic hydroxyl groups is 2. The van der Waals surface area contributed by atoms with Crippen LogP contribution in [0.3, 0.4) is 0 Å². The Morgan fingerprint density at radius 1 is 0.574 bits per heavy atom. The first-order valence-corrected chi connectivity index (χ1v) is 22.3. The van der Waals surface area contributed by atoms with Gasteiger partial charge in [0.05, 0.1) is 31.8 Å². The molecule has 10 nitrogen and oxygen atoms in total. The van der Waals surface area contributed by atoms with E-state index in [0.29, 0.717) is 50.8 Å². The molecule has 0 unspecified atom stereocenters. The Labute approximate surface area is 367 Å². The van der Waals surface area contributed by atoms with E-state index in [0.717, 1.165) is 46.2 Å². The van der Waals surface area contributed by atoms with Crippen molar-refractivity contribution in [3.63, 3.8) is 0 Å². The highest BCUT2D eigenvalue weighted by molar-refractivity contribution is 5.70. The Morgan fingerprint density at radius 3 is 1.18 bits per heavy atom. The Morgan fingerprint density at radius 2 is 0.885 bits per heavy atom. The summed E-state index contributed by atoms with van der Waals surface area (Å²) in [5.74, 6) is -0.00845. The van der Waals surface area contributed by atoms with Gasteiger partial charge in [-0.1, -0.05) is 109 Å². The van der Waals surface area contributed by atoms with Crippen molar-refractivity contribution in [2.45, 2.75) is 173 Å². The first-order chi connectivity index (χ1) is 27.8. The summed E-state index contributed by atoms with van der Waals surface area (Å²) in [4.78, 5) is 26.0. The van der Waals surface area contributed by atoms with Crippen molar-refractivity contribution in [1.29, 1.82) is 0 Å². The van der Waals surface area contributed by atoms with E-state index in [9.17, 15) is 19.8 Å². The van der Waals surface area contributed by atoms with Crippen LogP contribution in [0.15, 0.2) is 24.3 Å². The molecule has 0 aliphatic carbocycles. The number of hydrogen-bond acceptors (Lipinski definition) is 10. The zero-order valence-electron chi connectivity index (χ0n) is 40.6. The van der Waals surface area contributed by atoms with Gasteiger partial charge in [-0.05, 0) is 107 Å². The smallest absolute Gasteiger partial charge is 0.306 e. The number of benzene rings is 2. The minimum atomic E-state index is -0.604. The quantitative estimate of drug-likeness (QED) is 0.157. The molecule has 0 aromatic heterocycles. The lowest BCUT2D eigenvalue weighted by Gasteiger charge is -2.48. The standard InChI is InChI=1S/C51H80O10/c1-33-21-39(52)37(47(9,10)25-45(3,4)5)23-35(33)17-19-41(54)56-27-49(13,14)43-58-29-51(30-59-43)31-60-44(61-32-51)50(15,16)28-57-42(55)20-18-36-24-38(40(53)22-34(36)2)48(11,12)26-46(6,7)8/h21-24,43-44,52-53H,17-20,25-32H2,1-16H3. The summed E-state index contributed by atoms with van der Waals surface area (Å²) in [7, 11) is 0. The van der Waals surface area contributed by atoms with Crippen LogP contribution in [-0.2, 0) is 61.7 Å². The van der Waals surface area contributed by atoms with Gasteiger partial charge in [0.2, 0.25) is 0 Å². The largest absolute Gasteiger partial charge is 0.508 e. The van der Waals surface area contributed by atoms with Gasteiger partial charge in [-0.15, -0.1) is 0 Å². The topological polar surface area (TPSA) is 130 Å². The summed E-state index contributed by atoms with van der Waals surface area (Å²) in [5, 5.41) is 21.7. The second-order valence-corrected chi connectivity index (χ2v) is 23.5. The van der Waals surface area contributed by atoms with E-state index in [2.05, 4.69) is 81.4 Å². The van der Waals surface area contributed by atoms with E-state index in [-0.39, 0.29) is 59.7 Å². The Bertz CT molecular complexity index is 1690. The molecule has 2 fully saturated rings. The van der Waals surface area contributed by atoms with Crippen LogP contribution < -0.4 is 0 Å². The highest BCUT2D eigenvalue weighted by atomic mass is 16.7. The fraction of sp³-hybridized carbons (Fsp3) is 0.725. The summed E-state index contributed by atoms with van der Waals surface area (Å²) < 4.78 is 36.5. The summed E-state index contributed by atoms with van der Waals surface area (Å²) in [6.45, 7) is 35.3. The van der Waals surface area contributed by atoms with E-state index in [1.165, 1.54) is 0 Å². The molecule has 4 rings (SSSR count). The van der Waals surface area contributed by atoms with E-state index in [4.69, 9.17) is 28.4 Å². The SMILES string of the molecule is Cc1cc(O)c(C(C)(C)CC(C)(C)C)cc1CCC(=O)OCC(C)(C)C1OCC2(CO1)COC(C(C)(C)COC(=O)CCc1cc(C(C)(C)CC(C)(C)C)c(O)cc1C)OC2. The lowest BCUT2D eigenvalue weighted by atomic mass is 9.71. The van der Waals surface area contributed by atoms with Gasteiger partial charge in [-0.3, -0.25) is 9.59 Å². The molecule has 2 heterocycles. The monoisotopic (exact) mass is 853 g/mol. The fourth-order valence-corrected chi connectivity index (χ4v) is 9.49. The number of phenols is 2. The summed E-state index contributed by atoms with van der Waals surface area (Å²) in [5.41, 5.74) is 3.78. The van der Waals surface area contributed by atoms with Crippen LogP contribution in [0.1, 0.15) is 156 Å². The third-order valence-electron chi connectivity index (χ3n) is 12.2.